The van der Waals surface area contributed by atoms with E-state index in [0.29, 0.717) is 12.4 Å². The Kier molecular flexibility index (Phi) is 3.66. The molecule has 3 nitrogen and oxygen atoms in total. The lowest BCUT2D eigenvalue weighted by Crippen LogP contribution is -2.05. The number of halogens is 3. The highest BCUT2D eigenvalue weighted by Crippen LogP contribution is 2.29. The lowest BCUT2D eigenvalue weighted by Gasteiger charge is -2.08. The molecule has 0 saturated heterocycles. The number of aromatic nitrogens is 1. The van der Waals surface area contributed by atoms with Gasteiger partial charge in [0.15, 0.2) is 0 Å². The molecule has 0 aliphatic rings. The van der Waals surface area contributed by atoms with Crippen molar-refractivity contribution in [3.05, 3.63) is 41.0 Å². The van der Waals surface area contributed by atoms with Gasteiger partial charge in [-0.3, -0.25) is 0 Å². The lowest BCUT2D eigenvalue weighted by molar-refractivity contribution is -0.137. The van der Waals surface area contributed by atoms with Crippen LogP contribution in [0.2, 0.25) is 0 Å². The normalized spacial score (nSPS) is 11.6. The smallest absolute Gasteiger partial charge is 0.383 e. The molecular formula is C12H12F3N3S. The summed E-state index contributed by atoms with van der Waals surface area (Å²) in [6.07, 6.45) is -4.30. The summed E-state index contributed by atoms with van der Waals surface area (Å²) in [5.74, 6) is 0.472. The van der Waals surface area contributed by atoms with Crippen molar-refractivity contribution < 1.29 is 13.2 Å². The van der Waals surface area contributed by atoms with E-state index in [0.717, 1.165) is 28.3 Å². The second-order valence-electron chi connectivity index (χ2n) is 4.07. The van der Waals surface area contributed by atoms with Crippen LogP contribution in [0.3, 0.4) is 0 Å². The molecule has 19 heavy (non-hydrogen) atoms. The molecule has 0 amide bonds. The molecule has 1 aromatic carbocycles. The van der Waals surface area contributed by atoms with Crippen molar-refractivity contribution in [2.45, 2.75) is 19.6 Å². The molecule has 0 saturated carbocycles. The molecule has 0 fully saturated rings. The van der Waals surface area contributed by atoms with Crippen LogP contribution in [0.1, 0.15) is 16.7 Å². The highest BCUT2D eigenvalue weighted by atomic mass is 32.1. The first-order valence-corrected chi connectivity index (χ1v) is 6.27. The Morgan fingerprint density at radius 2 is 1.89 bits per heavy atom. The van der Waals surface area contributed by atoms with E-state index in [9.17, 15) is 13.2 Å². The van der Waals surface area contributed by atoms with Crippen LogP contribution in [-0.2, 0) is 12.7 Å². The van der Waals surface area contributed by atoms with Gasteiger partial charge in [-0.1, -0.05) is 12.1 Å². The van der Waals surface area contributed by atoms with E-state index in [1.54, 1.807) is 0 Å². The van der Waals surface area contributed by atoms with E-state index in [2.05, 4.69) is 9.69 Å². The van der Waals surface area contributed by atoms with Gasteiger partial charge in [0, 0.05) is 12.1 Å². The van der Waals surface area contributed by atoms with Gasteiger partial charge in [0.25, 0.3) is 0 Å². The number of hydrogen-bond acceptors (Lipinski definition) is 4. The fourth-order valence-electron chi connectivity index (χ4n) is 1.51. The Labute approximate surface area is 112 Å². The molecule has 2 rings (SSSR count). The summed E-state index contributed by atoms with van der Waals surface area (Å²) in [4.78, 5) is 0. The predicted octanol–water partition coefficient (Wildman–Crippen LogP) is 3.66. The monoisotopic (exact) mass is 287 g/mol. The van der Waals surface area contributed by atoms with Crippen molar-refractivity contribution in [1.29, 1.82) is 0 Å². The van der Waals surface area contributed by atoms with Crippen molar-refractivity contribution in [2.75, 3.05) is 11.1 Å². The van der Waals surface area contributed by atoms with Crippen molar-refractivity contribution >= 4 is 22.4 Å². The summed E-state index contributed by atoms with van der Waals surface area (Å²) >= 11 is 1.24. The first kappa shape index (κ1) is 13.7. The van der Waals surface area contributed by atoms with Crippen LogP contribution in [0.25, 0.3) is 0 Å². The first-order chi connectivity index (χ1) is 8.88. The number of nitrogens with one attached hydrogen (secondary N) is 1. The number of nitrogen functional groups attached to an aromatic ring is 1. The molecule has 2 aromatic rings. The molecule has 7 heteroatoms. The molecule has 1 aromatic heterocycles. The fourth-order valence-corrected chi connectivity index (χ4v) is 2.21. The third-order valence-corrected chi connectivity index (χ3v) is 3.62. The summed E-state index contributed by atoms with van der Waals surface area (Å²) in [6.45, 7) is 2.27. The van der Waals surface area contributed by atoms with Gasteiger partial charge in [-0.15, -0.1) is 0 Å². The van der Waals surface area contributed by atoms with Crippen molar-refractivity contribution in [2.24, 2.45) is 0 Å². The Bertz CT molecular complexity index is 561. The van der Waals surface area contributed by atoms with Gasteiger partial charge in [0.1, 0.15) is 10.8 Å². The number of rotatable bonds is 3. The lowest BCUT2D eigenvalue weighted by atomic mass is 10.1. The standard InChI is InChI=1S/C12H12F3N3S/c1-7-10(16)18-19-11(7)17-6-8-2-4-9(5-3-8)12(13,14)15/h2-5,17H,6H2,1H3,(H2,16,18). The van der Waals surface area contributed by atoms with Crippen LogP contribution in [-0.4, -0.2) is 4.37 Å². The van der Waals surface area contributed by atoms with Crippen molar-refractivity contribution in [3.8, 4) is 0 Å². The Balaban J connectivity index is 2.03. The van der Waals surface area contributed by atoms with Crippen LogP contribution < -0.4 is 11.1 Å². The zero-order valence-electron chi connectivity index (χ0n) is 10.1. The van der Waals surface area contributed by atoms with E-state index in [1.165, 1.54) is 23.7 Å². The summed E-state index contributed by atoms with van der Waals surface area (Å²) in [7, 11) is 0. The molecular weight excluding hydrogens is 275 g/mol. The third-order valence-electron chi connectivity index (χ3n) is 2.69. The Hall–Kier alpha value is -1.76. The molecule has 0 aliphatic carbocycles. The van der Waals surface area contributed by atoms with Gasteiger partial charge in [-0.05, 0) is 36.2 Å². The molecule has 0 aliphatic heterocycles. The van der Waals surface area contributed by atoms with E-state index in [-0.39, 0.29) is 0 Å². The average Bonchev–Trinajstić information content (AvgIpc) is 2.67. The van der Waals surface area contributed by atoms with Gasteiger partial charge in [0.2, 0.25) is 0 Å². The first-order valence-electron chi connectivity index (χ1n) is 5.49. The number of hydrogen-bond donors (Lipinski definition) is 2. The molecule has 0 atom stereocenters. The van der Waals surface area contributed by atoms with Gasteiger partial charge >= 0.3 is 6.18 Å². The second kappa shape index (κ2) is 5.08. The predicted molar refractivity (Wildman–Crippen MR) is 70.0 cm³/mol. The molecule has 102 valence electrons. The minimum atomic E-state index is -4.30. The van der Waals surface area contributed by atoms with Crippen LogP contribution in [0.15, 0.2) is 24.3 Å². The Morgan fingerprint density at radius 3 is 2.37 bits per heavy atom. The number of nitrogens with two attached hydrogens (primary N) is 1. The van der Waals surface area contributed by atoms with Gasteiger partial charge in [0.05, 0.1) is 5.56 Å². The molecule has 0 bridgehead atoms. The molecule has 3 N–H and O–H groups in total. The average molecular weight is 287 g/mol. The largest absolute Gasteiger partial charge is 0.416 e. The second-order valence-corrected chi connectivity index (χ2v) is 4.84. The van der Waals surface area contributed by atoms with Gasteiger partial charge < -0.3 is 11.1 Å². The maximum Gasteiger partial charge on any atom is 0.416 e. The van der Waals surface area contributed by atoms with Crippen LogP contribution >= 0.6 is 11.5 Å². The summed E-state index contributed by atoms with van der Waals surface area (Å²) in [6, 6.07) is 5.06. The zero-order valence-corrected chi connectivity index (χ0v) is 10.9. The highest BCUT2D eigenvalue weighted by molar-refractivity contribution is 7.10. The maximum absolute atomic E-state index is 12.4. The maximum atomic E-state index is 12.4. The van der Waals surface area contributed by atoms with Crippen LogP contribution in [0, 0.1) is 6.92 Å². The number of benzene rings is 1. The SMILES string of the molecule is Cc1c(N)nsc1NCc1ccc(C(F)(F)F)cc1. The van der Waals surface area contributed by atoms with Gasteiger partial charge in [-0.2, -0.15) is 17.5 Å². The minimum absolute atomic E-state index is 0.431. The Morgan fingerprint density at radius 1 is 1.26 bits per heavy atom. The molecule has 0 unspecified atom stereocenters. The summed E-state index contributed by atoms with van der Waals surface area (Å²) in [5, 5.41) is 3.93. The van der Waals surface area contributed by atoms with E-state index in [4.69, 9.17) is 5.73 Å². The topological polar surface area (TPSA) is 50.9 Å². The van der Waals surface area contributed by atoms with Crippen molar-refractivity contribution in [1.82, 2.24) is 4.37 Å². The molecule has 1 heterocycles. The third kappa shape index (κ3) is 3.17. The molecule has 0 radical (unpaired) electrons. The number of nitrogens with zero attached hydrogens (tertiary/aromatic N) is 1. The highest BCUT2D eigenvalue weighted by Gasteiger charge is 2.29. The molecule has 0 spiro atoms. The summed E-state index contributed by atoms with van der Waals surface area (Å²) < 4.78 is 41.2. The van der Waals surface area contributed by atoms with E-state index >= 15 is 0 Å². The number of alkyl halides is 3. The van der Waals surface area contributed by atoms with E-state index in [1.807, 2.05) is 6.92 Å². The fraction of sp³-hybridized carbons (Fsp3) is 0.250. The summed E-state index contributed by atoms with van der Waals surface area (Å²) in [5.41, 5.74) is 6.59. The van der Waals surface area contributed by atoms with Gasteiger partial charge in [-0.25, -0.2) is 0 Å². The van der Waals surface area contributed by atoms with Crippen molar-refractivity contribution in [3.63, 3.8) is 0 Å². The zero-order chi connectivity index (χ0) is 14.0. The van der Waals surface area contributed by atoms with E-state index < -0.39 is 11.7 Å². The number of anilines is 2. The quantitative estimate of drug-likeness (QED) is 0.905. The van der Waals surface area contributed by atoms with Crippen LogP contribution in [0.4, 0.5) is 24.0 Å². The van der Waals surface area contributed by atoms with Crippen LogP contribution in [0.5, 0.6) is 0 Å². The minimum Gasteiger partial charge on any atom is -0.383 e.